The number of nitrogens with zero attached hydrogens (tertiary/aromatic N) is 2. The molecule has 0 aliphatic heterocycles. The first-order chi connectivity index (χ1) is 10.3. The van der Waals surface area contributed by atoms with Crippen LogP contribution in [-0.4, -0.2) is 16.2 Å². The number of hydrogen-bond acceptors (Lipinski definition) is 2. The number of alkyl halides is 1. The van der Waals surface area contributed by atoms with Crippen LogP contribution in [0.2, 0.25) is 0 Å². The van der Waals surface area contributed by atoms with Crippen molar-refractivity contribution in [2.45, 2.75) is 51.5 Å². The predicted molar refractivity (Wildman–Crippen MR) is 87.1 cm³/mol. The van der Waals surface area contributed by atoms with E-state index in [0.717, 1.165) is 35.6 Å². The van der Waals surface area contributed by atoms with Gasteiger partial charge >= 0.3 is 0 Å². The molecule has 2 atom stereocenters. The molecule has 0 spiro atoms. The number of para-hydroxylation sites is 1. The molecule has 114 valence electrons. The van der Waals surface area contributed by atoms with Gasteiger partial charge in [-0.2, -0.15) is 0 Å². The Hall–Kier alpha value is -1.22. The lowest BCUT2D eigenvalue weighted by Gasteiger charge is -2.20. The molecule has 4 heteroatoms. The summed E-state index contributed by atoms with van der Waals surface area (Å²) >= 11 is 6.16. The molecule has 1 aromatic heterocycles. The fraction of sp³-hybridized carbons (Fsp3) is 0.588. The summed E-state index contributed by atoms with van der Waals surface area (Å²) in [4.78, 5) is 4.77. The quantitative estimate of drug-likeness (QED) is 0.733. The molecule has 2 aromatic rings. The molecule has 0 N–H and O–H groups in total. The maximum Gasteiger partial charge on any atom is 0.147 e. The Morgan fingerprint density at radius 3 is 2.90 bits per heavy atom. The standard InChI is InChI=1S/C17H23ClN2O/c1-3-10-21-15-9-5-8-14-17(15)19-16(11-18)20(14)13-7-4-6-12(13)2/h5,8-9,12-13H,3-4,6-7,10-11H2,1-2H3. The Labute approximate surface area is 131 Å². The molecule has 1 aliphatic carbocycles. The molecule has 0 saturated heterocycles. The number of halogens is 1. The van der Waals surface area contributed by atoms with E-state index in [1.807, 2.05) is 6.07 Å². The van der Waals surface area contributed by atoms with Gasteiger partial charge in [-0.25, -0.2) is 4.98 Å². The molecule has 3 rings (SSSR count). The lowest BCUT2D eigenvalue weighted by atomic mass is 10.1. The summed E-state index contributed by atoms with van der Waals surface area (Å²) in [5, 5.41) is 0. The summed E-state index contributed by atoms with van der Waals surface area (Å²) in [7, 11) is 0. The van der Waals surface area contributed by atoms with Crippen LogP contribution in [0.4, 0.5) is 0 Å². The summed E-state index contributed by atoms with van der Waals surface area (Å²) in [5.41, 5.74) is 2.12. The van der Waals surface area contributed by atoms with Crippen LogP contribution < -0.4 is 4.74 Å². The van der Waals surface area contributed by atoms with Crippen molar-refractivity contribution < 1.29 is 4.74 Å². The summed E-state index contributed by atoms with van der Waals surface area (Å²) in [6.07, 6.45) is 4.80. The average Bonchev–Trinajstić information content (AvgIpc) is 3.07. The fourth-order valence-electron chi connectivity index (χ4n) is 3.44. The van der Waals surface area contributed by atoms with Gasteiger partial charge in [-0.05, 0) is 37.3 Å². The van der Waals surface area contributed by atoms with Crippen molar-refractivity contribution in [1.82, 2.24) is 9.55 Å². The zero-order chi connectivity index (χ0) is 14.8. The van der Waals surface area contributed by atoms with Gasteiger partial charge in [0.2, 0.25) is 0 Å². The SMILES string of the molecule is CCCOc1cccc2c1nc(CCl)n2C1CCCC1C. The van der Waals surface area contributed by atoms with Gasteiger partial charge in [0, 0.05) is 6.04 Å². The van der Waals surface area contributed by atoms with Crippen LogP contribution in [0.3, 0.4) is 0 Å². The second-order valence-electron chi connectivity index (χ2n) is 5.98. The van der Waals surface area contributed by atoms with E-state index in [9.17, 15) is 0 Å². The number of benzene rings is 1. The van der Waals surface area contributed by atoms with E-state index >= 15 is 0 Å². The maximum absolute atomic E-state index is 6.16. The van der Waals surface area contributed by atoms with Gasteiger partial charge in [0.15, 0.2) is 0 Å². The van der Waals surface area contributed by atoms with Gasteiger partial charge in [0.25, 0.3) is 0 Å². The molecule has 1 fully saturated rings. The number of fused-ring (bicyclic) bond motifs is 1. The second kappa shape index (κ2) is 6.27. The van der Waals surface area contributed by atoms with Crippen LogP contribution in [-0.2, 0) is 5.88 Å². The minimum Gasteiger partial charge on any atom is -0.491 e. The molecule has 0 bridgehead atoms. The first kappa shape index (κ1) is 14.7. The van der Waals surface area contributed by atoms with E-state index in [2.05, 4.69) is 30.5 Å². The van der Waals surface area contributed by atoms with Crippen molar-refractivity contribution in [2.24, 2.45) is 5.92 Å². The van der Waals surface area contributed by atoms with Gasteiger partial charge in [-0.3, -0.25) is 0 Å². The van der Waals surface area contributed by atoms with Crippen molar-refractivity contribution in [1.29, 1.82) is 0 Å². The number of imidazole rings is 1. The van der Waals surface area contributed by atoms with Crippen molar-refractivity contribution in [3.63, 3.8) is 0 Å². The van der Waals surface area contributed by atoms with Crippen LogP contribution in [0.1, 0.15) is 51.4 Å². The molecule has 2 unspecified atom stereocenters. The fourth-order valence-corrected chi connectivity index (χ4v) is 3.63. The highest BCUT2D eigenvalue weighted by atomic mass is 35.5. The minimum absolute atomic E-state index is 0.450. The van der Waals surface area contributed by atoms with Gasteiger partial charge < -0.3 is 9.30 Å². The first-order valence-electron chi connectivity index (χ1n) is 7.94. The van der Waals surface area contributed by atoms with E-state index in [4.69, 9.17) is 21.3 Å². The van der Waals surface area contributed by atoms with Crippen molar-refractivity contribution in [3.8, 4) is 5.75 Å². The van der Waals surface area contributed by atoms with E-state index in [-0.39, 0.29) is 0 Å². The predicted octanol–water partition coefficient (Wildman–Crippen LogP) is 4.93. The molecule has 21 heavy (non-hydrogen) atoms. The highest BCUT2D eigenvalue weighted by Gasteiger charge is 2.28. The third-order valence-corrected chi connectivity index (χ3v) is 4.72. The minimum atomic E-state index is 0.450. The molecular weight excluding hydrogens is 284 g/mol. The van der Waals surface area contributed by atoms with E-state index in [1.54, 1.807) is 0 Å². The number of aromatic nitrogens is 2. The smallest absolute Gasteiger partial charge is 0.147 e. The lowest BCUT2D eigenvalue weighted by Crippen LogP contribution is -2.14. The van der Waals surface area contributed by atoms with Crippen molar-refractivity contribution in [3.05, 3.63) is 24.0 Å². The van der Waals surface area contributed by atoms with Gasteiger partial charge in [0.1, 0.15) is 17.1 Å². The normalized spacial score (nSPS) is 22.0. The van der Waals surface area contributed by atoms with E-state index < -0.39 is 0 Å². The number of rotatable bonds is 5. The third-order valence-electron chi connectivity index (χ3n) is 4.49. The largest absolute Gasteiger partial charge is 0.491 e. The Morgan fingerprint density at radius 2 is 2.24 bits per heavy atom. The van der Waals surface area contributed by atoms with Crippen molar-refractivity contribution in [2.75, 3.05) is 6.61 Å². The van der Waals surface area contributed by atoms with Crippen molar-refractivity contribution >= 4 is 22.6 Å². The zero-order valence-corrected chi connectivity index (χ0v) is 13.6. The van der Waals surface area contributed by atoms with Crippen LogP contribution in [0.15, 0.2) is 18.2 Å². The Kier molecular flexibility index (Phi) is 4.39. The topological polar surface area (TPSA) is 27.1 Å². The van der Waals surface area contributed by atoms with Gasteiger partial charge in [-0.15, -0.1) is 11.6 Å². The highest BCUT2D eigenvalue weighted by molar-refractivity contribution is 6.16. The Bertz CT molecular complexity index is 623. The summed E-state index contributed by atoms with van der Waals surface area (Å²) < 4.78 is 8.21. The van der Waals surface area contributed by atoms with Crippen LogP contribution in [0.25, 0.3) is 11.0 Å². The number of ether oxygens (including phenoxy) is 1. The monoisotopic (exact) mass is 306 g/mol. The van der Waals surface area contributed by atoms with Crippen LogP contribution in [0.5, 0.6) is 5.75 Å². The summed E-state index contributed by atoms with van der Waals surface area (Å²) in [6.45, 7) is 5.17. The maximum atomic E-state index is 6.16. The molecular formula is C17H23ClN2O. The summed E-state index contributed by atoms with van der Waals surface area (Å²) in [6, 6.07) is 6.72. The second-order valence-corrected chi connectivity index (χ2v) is 6.25. The Morgan fingerprint density at radius 1 is 1.38 bits per heavy atom. The van der Waals surface area contributed by atoms with E-state index in [0.29, 0.717) is 17.8 Å². The zero-order valence-electron chi connectivity index (χ0n) is 12.8. The van der Waals surface area contributed by atoms with Crippen LogP contribution >= 0.6 is 11.6 Å². The lowest BCUT2D eigenvalue weighted by molar-refractivity contribution is 0.320. The third kappa shape index (κ3) is 2.64. The molecule has 1 aliphatic rings. The Balaban J connectivity index is 2.10. The number of hydrogen-bond donors (Lipinski definition) is 0. The molecule has 1 aromatic carbocycles. The van der Waals surface area contributed by atoms with E-state index in [1.165, 1.54) is 19.3 Å². The average molecular weight is 307 g/mol. The molecule has 1 heterocycles. The van der Waals surface area contributed by atoms with Crippen LogP contribution in [0, 0.1) is 5.92 Å². The molecule has 3 nitrogen and oxygen atoms in total. The summed E-state index contributed by atoms with van der Waals surface area (Å²) in [5.74, 6) is 2.98. The molecule has 0 amide bonds. The highest BCUT2D eigenvalue weighted by Crippen LogP contribution is 2.39. The first-order valence-corrected chi connectivity index (χ1v) is 8.48. The van der Waals surface area contributed by atoms with Gasteiger partial charge in [-0.1, -0.05) is 26.3 Å². The van der Waals surface area contributed by atoms with Gasteiger partial charge in [0.05, 0.1) is 18.0 Å². The molecule has 1 saturated carbocycles. The molecule has 0 radical (unpaired) electrons.